The van der Waals surface area contributed by atoms with Gasteiger partial charge in [-0.05, 0) is 11.6 Å². The van der Waals surface area contributed by atoms with E-state index < -0.39 is 12.0 Å². The standard InChI is InChI=1S/C17H18F3N5OS/c1-16(2)11-6-4-5-7-12(11)24(3)13(16)8-10(26)9-27-15-23-22-14(25(15)21)17(18,19)20/h4-8H,9,21H2,1-3H3/b13-8-. The Morgan fingerprint density at radius 1 is 1.30 bits per heavy atom. The van der Waals surface area contributed by atoms with E-state index >= 15 is 0 Å². The fourth-order valence-corrected chi connectivity index (χ4v) is 3.84. The highest BCUT2D eigenvalue weighted by molar-refractivity contribution is 7.99. The van der Waals surface area contributed by atoms with Crippen molar-refractivity contribution in [2.75, 3.05) is 23.5 Å². The maximum absolute atomic E-state index is 12.7. The summed E-state index contributed by atoms with van der Waals surface area (Å²) < 4.78 is 38.4. The van der Waals surface area contributed by atoms with Crippen molar-refractivity contribution in [1.29, 1.82) is 0 Å². The average Bonchev–Trinajstić information content (AvgIpc) is 3.05. The number of fused-ring (bicyclic) bond motifs is 1. The predicted octanol–water partition coefficient (Wildman–Crippen LogP) is 2.98. The Balaban J connectivity index is 1.76. The Kier molecular flexibility index (Phi) is 4.71. The molecule has 0 saturated heterocycles. The largest absolute Gasteiger partial charge is 0.453 e. The molecule has 2 aromatic rings. The van der Waals surface area contributed by atoms with Gasteiger partial charge in [0.25, 0.3) is 5.82 Å². The van der Waals surface area contributed by atoms with Crippen molar-refractivity contribution in [3.63, 3.8) is 0 Å². The summed E-state index contributed by atoms with van der Waals surface area (Å²) in [6.07, 6.45) is -3.18. The van der Waals surface area contributed by atoms with Crippen molar-refractivity contribution in [1.82, 2.24) is 14.9 Å². The van der Waals surface area contributed by atoms with Crippen LogP contribution in [0, 0.1) is 0 Å². The summed E-state index contributed by atoms with van der Waals surface area (Å²) in [7, 11) is 1.88. The van der Waals surface area contributed by atoms with Gasteiger partial charge in [0.15, 0.2) is 5.78 Å². The van der Waals surface area contributed by atoms with Crippen LogP contribution in [-0.4, -0.2) is 33.5 Å². The Morgan fingerprint density at radius 3 is 2.56 bits per heavy atom. The highest BCUT2D eigenvalue weighted by atomic mass is 32.2. The Bertz CT molecular complexity index is 920. The minimum Gasteiger partial charge on any atom is -0.347 e. The van der Waals surface area contributed by atoms with E-state index in [4.69, 9.17) is 5.84 Å². The van der Waals surface area contributed by atoms with E-state index in [0.29, 0.717) is 4.68 Å². The molecule has 0 spiro atoms. The quantitative estimate of drug-likeness (QED) is 0.486. The lowest BCUT2D eigenvalue weighted by atomic mass is 9.83. The number of nitrogens with two attached hydrogens (primary N) is 1. The van der Waals surface area contributed by atoms with E-state index in [1.807, 2.05) is 50.1 Å². The minimum atomic E-state index is -4.70. The minimum absolute atomic E-state index is 0.100. The third-order valence-electron chi connectivity index (χ3n) is 4.50. The number of hydrogen-bond acceptors (Lipinski definition) is 6. The van der Waals surface area contributed by atoms with Crippen LogP contribution >= 0.6 is 11.8 Å². The van der Waals surface area contributed by atoms with Gasteiger partial charge in [-0.3, -0.25) is 4.79 Å². The number of ketones is 1. The molecule has 0 bridgehead atoms. The molecule has 0 unspecified atom stereocenters. The third kappa shape index (κ3) is 3.41. The molecule has 0 fully saturated rings. The van der Waals surface area contributed by atoms with E-state index in [1.54, 1.807) is 0 Å². The van der Waals surface area contributed by atoms with Gasteiger partial charge in [0, 0.05) is 29.9 Å². The monoisotopic (exact) mass is 397 g/mol. The van der Waals surface area contributed by atoms with Crippen molar-refractivity contribution in [3.8, 4) is 0 Å². The Morgan fingerprint density at radius 2 is 1.96 bits per heavy atom. The van der Waals surface area contributed by atoms with Crippen molar-refractivity contribution < 1.29 is 18.0 Å². The highest BCUT2D eigenvalue weighted by Crippen LogP contribution is 2.46. The molecule has 2 heterocycles. The van der Waals surface area contributed by atoms with Crippen LogP contribution in [0.2, 0.25) is 0 Å². The van der Waals surface area contributed by atoms with Gasteiger partial charge >= 0.3 is 6.18 Å². The molecule has 0 saturated carbocycles. The van der Waals surface area contributed by atoms with E-state index in [1.165, 1.54) is 6.08 Å². The number of alkyl halides is 3. The number of halogens is 3. The van der Waals surface area contributed by atoms with E-state index in [2.05, 4.69) is 10.2 Å². The molecule has 1 aliphatic heterocycles. The molecule has 0 aliphatic carbocycles. The van der Waals surface area contributed by atoms with Gasteiger partial charge in [-0.1, -0.05) is 43.8 Å². The van der Waals surface area contributed by atoms with Crippen LogP contribution in [0.3, 0.4) is 0 Å². The zero-order valence-corrected chi connectivity index (χ0v) is 15.7. The number of anilines is 1. The number of carbonyl (C=O) groups is 1. The van der Waals surface area contributed by atoms with Crippen molar-refractivity contribution >= 4 is 23.2 Å². The zero-order chi connectivity index (χ0) is 20.0. The number of para-hydroxylation sites is 1. The lowest BCUT2D eigenvalue weighted by molar-refractivity contribution is -0.146. The summed E-state index contributed by atoms with van der Waals surface area (Å²) in [5.41, 5.74) is 2.59. The van der Waals surface area contributed by atoms with Gasteiger partial charge in [0.2, 0.25) is 5.16 Å². The van der Waals surface area contributed by atoms with E-state index in [9.17, 15) is 18.0 Å². The SMILES string of the molecule is CN1/C(=C\C(=O)CSc2nnc(C(F)(F)F)n2N)C(C)(C)c2ccccc21. The van der Waals surface area contributed by atoms with E-state index in [-0.39, 0.29) is 22.1 Å². The zero-order valence-electron chi connectivity index (χ0n) is 14.9. The number of hydrogen-bond donors (Lipinski definition) is 1. The lowest BCUT2D eigenvalue weighted by Gasteiger charge is -2.23. The molecule has 0 radical (unpaired) electrons. The van der Waals surface area contributed by atoms with Crippen molar-refractivity contribution in [2.24, 2.45) is 0 Å². The second-order valence-electron chi connectivity index (χ2n) is 6.66. The van der Waals surface area contributed by atoms with Crippen molar-refractivity contribution in [2.45, 2.75) is 30.6 Å². The third-order valence-corrected chi connectivity index (χ3v) is 5.47. The molecule has 27 heavy (non-hydrogen) atoms. The molecule has 10 heteroatoms. The number of thioether (sulfide) groups is 1. The molecule has 0 amide bonds. The lowest BCUT2D eigenvalue weighted by Crippen LogP contribution is -2.24. The Labute approximate surface area is 158 Å². The molecule has 1 aliphatic rings. The number of nitrogen functional groups attached to an aromatic ring is 1. The predicted molar refractivity (Wildman–Crippen MR) is 96.9 cm³/mol. The maximum atomic E-state index is 12.7. The van der Waals surface area contributed by atoms with Gasteiger partial charge < -0.3 is 10.7 Å². The summed E-state index contributed by atoms with van der Waals surface area (Å²) in [5, 5.41) is 6.28. The first-order valence-electron chi connectivity index (χ1n) is 8.02. The first kappa shape index (κ1) is 19.3. The molecular weight excluding hydrogens is 379 g/mol. The first-order valence-corrected chi connectivity index (χ1v) is 9.00. The van der Waals surface area contributed by atoms with Gasteiger partial charge in [-0.2, -0.15) is 13.2 Å². The first-order chi connectivity index (χ1) is 12.5. The average molecular weight is 397 g/mol. The molecule has 1 aromatic heterocycles. The van der Waals surface area contributed by atoms with Crippen molar-refractivity contribution in [3.05, 3.63) is 47.4 Å². The second-order valence-corrected chi connectivity index (χ2v) is 7.60. The molecule has 0 atom stereocenters. The number of benzene rings is 1. The number of allylic oxidation sites excluding steroid dienone is 2. The molecule has 6 nitrogen and oxygen atoms in total. The van der Waals surface area contributed by atoms with Crippen LogP contribution in [0.15, 0.2) is 41.2 Å². The molecule has 1 aromatic carbocycles. The second kappa shape index (κ2) is 6.59. The van der Waals surface area contributed by atoms with Crippen LogP contribution in [0.4, 0.5) is 18.9 Å². The normalized spacial score (nSPS) is 17.4. The number of carbonyl (C=O) groups excluding carboxylic acids is 1. The fourth-order valence-electron chi connectivity index (χ4n) is 3.16. The number of likely N-dealkylation sites (N-methyl/N-ethyl adjacent to an activating group) is 1. The van der Waals surface area contributed by atoms with Crippen LogP contribution in [0.5, 0.6) is 0 Å². The Hall–Kier alpha value is -2.49. The van der Waals surface area contributed by atoms with Gasteiger partial charge in [0.1, 0.15) is 0 Å². The molecule has 3 rings (SSSR count). The molecular formula is C17H18F3N5OS. The van der Waals surface area contributed by atoms with Crippen LogP contribution in [-0.2, 0) is 16.4 Å². The highest BCUT2D eigenvalue weighted by Gasteiger charge is 2.39. The molecule has 144 valence electrons. The molecule has 2 N–H and O–H groups in total. The summed E-state index contributed by atoms with van der Waals surface area (Å²) in [6, 6.07) is 7.87. The summed E-state index contributed by atoms with van der Waals surface area (Å²) in [4.78, 5) is 14.4. The summed E-state index contributed by atoms with van der Waals surface area (Å²) >= 11 is 0.812. The maximum Gasteiger partial charge on any atom is 0.453 e. The summed E-state index contributed by atoms with van der Waals surface area (Å²) in [6.45, 7) is 4.04. The van der Waals surface area contributed by atoms with Crippen LogP contribution in [0.25, 0.3) is 0 Å². The van der Waals surface area contributed by atoms with E-state index in [0.717, 1.165) is 28.7 Å². The van der Waals surface area contributed by atoms with Gasteiger partial charge in [-0.15, -0.1) is 10.2 Å². The number of aromatic nitrogens is 3. The van der Waals surface area contributed by atoms with Gasteiger partial charge in [0.05, 0.1) is 5.75 Å². The van der Waals surface area contributed by atoms with Crippen LogP contribution in [0.1, 0.15) is 25.2 Å². The number of rotatable bonds is 4. The number of nitrogens with zero attached hydrogens (tertiary/aromatic N) is 4. The fraction of sp³-hybridized carbons (Fsp3) is 0.353. The summed E-state index contributed by atoms with van der Waals surface area (Å²) in [5.74, 6) is 3.72. The van der Waals surface area contributed by atoms with Gasteiger partial charge in [-0.25, -0.2) is 4.68 Å². The smallest absolute Gasteiger partial charge is 0.347 e. The van der Waals surface area contributed by atoms with Crippen LogP contribution < -0.4 is 10.7 Å². The topological polar surface area (TPSA) is 77.0 Å².